The highest BCUT2D eigenvalue weighted by Crippen LogP contribution is 2.39. The molecule has 5 nitrogen and oxygen atoms in total. The van der Waals surface area contributed by atoms with E-state index in [2.05, 4.69) is 11.4 Å². The van der Waals surface area contributed by atoms with Crippen molar-refractivity contribution in [1.29, 1.82) is 0 Å². The lowest BCUT2D eigenvalue weighted by Crippen LogP contribution is -2.20. The number of rotatable bonds is 6. The molecular formula is C23H25NO4. The molecule has 0 aliphatic carbocycles. The smallest absolute Gasteiger partial charge is 0.193 e. The van der Waals surface area contributed by atoms with Gasteiger partial charge in [-0.1, -0.05) is 24.3 Å². The van der Waals surface area contributed by atoms with Crippen LogP contribution in [0, 0.1) is 6.92 Å². The molecule has 3 rings (SSSR count). The van der Waals surface area contributed by atoms with Gasteiger partial charge in [0.25, 0.3) is 0 Å². The van der Waals surface area contributed by atoms with Gasteiger partial charge < -0.3 is 19.9 Å². The molecule has 0 atom stereocenters. The van der Waals surface area contributed by atoms with Crippen molar-refractivity contribution in [2.75, 3.05) is 27.3 Å². The molecule has 0 unspecified atom stereocenters. The van der Waals surface area contributed by atoms with E-state index < -0.39 is 0 Å². The van der Waals surface area contributed by atoms with E-state index in [1.165, 1.54) is 13.2 Å². The van der Waals surface area contributed by atoms with E-state index in [4.69, 9.17) is 9.47 Å². The Kier molecular flexibility index (Phi) is 6.16. The molecule has 2 aromatic carbocycles. The van der Waals surface area contributed by atoms with Gasteiger partial charge in [-0.15, -0.1) is 0 Å². The number of phenolic OH excluding ortho intramolecular Hbond substituents is 1. The summed E-state index contributed by atoms with van der Waals surface area (Å²) in [6, 6.07) is 9.22. The number of hydrogen-bond donors (Lipinski definition) is 2. The number of carbonyl (C=O) groups excluding carboxylic acids is 1. The zero-order chi connectivity index (χ0) is 20.1. The Morgan fingerprint density at radius 2 is 2.04 bits per heavy atom. The van der Waals surface area contributed by atoms with Crippen LogP contribution in [0.25, 0.3) is 11.6 Å². The molecule has 1 aliphatic rings. The van der Waals surface area contributed by atoms with Gasteiger partial charge in [-0.2, -0.15) is 0 Å². The van der Waals surface area contributed by atoms with Crippen LogP contribution in [0.1, 0.15) is 33.5 Å². The normalized spacial score (nSPS) is 14.0. The summed E-state index contributed by atoms with van der Waals surface area (Å²) >= 11 is 0. The van der Waals surface area contributed by atoms with Crippen molar-refractivity contribution in [2.24, 2.45) is 0 Å². The van der Waals surface area contributed by atoms with Crippen molar-refractivity contribution in [3.63, 3.8) is 0 Å². The monoisotopic (exact) mass is 379 g/mol. The molecule has 0 saturated carbocycles. The molecular weight excluding hydrogens is 354 g/mol. The van der Waals surface area contributed by atoms with Crippen LogP contribution in [-0.4, -0.2) is 38.2 Å². The molecule has 0 fully saturated rings. The maximum absolute atomic E-state index is 12.9. The summed E-state index contributed by atoms with van der Waals surface area (Å²) in [5.74, 6) is 0.748. The van der Waals surface area contributed by atoms with Crippen LogP contribution >= 0.6 is 0 Å². The van der Waals surface area contributed by atoms with Crippen molar-refractivity contribution >= 4 is 17.4 Å². The number of aryl methyl sites for hydroxylation is 1. The van der Waals surface area contributed by atoms with Crippen molar-refractivity contribution in [3.8, 4) is 17.2 Å². The second-order valence-electron chi connectivity index (χ2n) is 6.65. The second kappa shape index (κ2) is 8.76. The SMILES string of the molecule is COc1cccc(/C=C/C(=O)c2c(OC)cc(C)c(C3=CCNCC3)c2O)c1. The first kappa shape index (κ1) is 19.7. The number of nitrogens with one attached hydrogen (secondary N) is 1. The molecule has 2 N–H and O–H groups in total. The summed E-state index contributed by atoms with van der Waals surface area (Å²) in [6.07, 6.45) is 6.00. The topological polar surface area (TPSA) is 67.8 Å². The molecule has 0 saturated heterocycles. The van der Waals surface area contributed by atoms with Crippen molar-refractivity contribution in [2.45, 2.75) is 13.3 Å². The lowest BCUT2D eigenvalue weighted by atomic mass is 9.91. The molecule has 0 bridgehead atoms. The molecule has 0 aromatic heterocycles. The maximum atomic E-state index is 12.9. The summed E-state index contributed by atoms with van der Waals surface area (Å²) in [5, 5.41) is 14.2. The molecule has 0 amide bonds. The molecule has 0 spiro atoms. The molecule has 1 aliphatic heterocycles. The lowest BCUT2D eigenvalue weighted by molar-refractivity contribution is 0.104. The predicted octanol–water partition coefficient (Wildman–Crippen LogP) is 3.99. The van der Waals surface area contributed by atoms with Crippen LogP contribution in [0.2, 0.25) is 0 Å². The van der Waals surface area contributed by atoms with Gasteiger partial charge in [0, 0.05) is 12.1 Å². The van der Waals surface area contributed by atoms with Crippen molar-refractivity contribution in [1.82, 2.24) is 5.32 Å². The number of carbonyl (C=O) groups is 1. The lowest BCUT2D eigenvalue weighted by Gasteiger charge is -2.20. The highest BCUT2D eigenvalue weighted by molar-refractivity contribution is 6.11. The number of ether oxygens (including phenoxy) is 2. The summed E-state index contributed by atoms with van der Waals surface area (Å²) in [6.45, 7) is 3.51. The Labute approximate surface area is 165 Å². The highest BCUT2D eigenvalue weighted by Gasteiger charge is 2.23. The van der Waals surface area contributed by atoms with Crippen LogP contribution in [0.3, 0.4) is 0 Å². The maximum Gasteiger partial charge on any atom is 0.193 e. The second-order valence-corrected chi connectivity index (χ2v) is 6.65. The third kappa shape index (κ3) is 4.10. The fourth-order valence-electron chi connectivity index (χ4n) is 3.42. The quantitative estimate of drug-likeness (QED) is 0.587. The summed E-state index contributed by atoms with van der Waals surface area (Å²) in [4.78, 5) is 12.9. The minimum Gasteiger partial charge on any atom is -0.506 e. The Morgan fingerprint density at radius 3 is 2.71 bits per heavy atom. The first-order valence-electron chi connectivity index (χ1n) is 9.22. The van der Waals surface area contributed by atoms with Crippen LogP contribution in [-0.2, 0) is 0 Å². The van der Waals surface area contributed by atoms with E-state index in [9.17, 15) is 9.90 Å². The fraction of sp³-hybridized carbons (Fsp3) is 0.261. The molecule has 1 heterocycles. The van der Waals surface area contributed by atoms with Crippen molar-refractivity contribution in [3.05, 3.63) is 64.7 Å². The number of allylic oxidation sites excluding steroid dienone is 1. The number of phenols is 1. The number of aromatic hydroxyl groups is 1. The first-order valence-corrected chi connectivity index (χ1v) is 9.22. The van der Waals surface area contributed by atoms with Gasteiger partial charge in [0.2, 0.25) is 0 Å². The zero-order valence-corrected chi connectivity index (χ0v) is 16.4. The zero-order valence-electron chi connectivity index (χ0n) is 16.4. The van der Waals surface area contributed by atoms with E-state index >= 15 is 0 Å². The summed E-state index contributed by atoms with van der Waals surface area (Å²) < 4.78 is 10.6. The Morgan fingerprint density at radius 1 is 1.21 bits per heavy atom. The highest BCUT2D eigenvalue weighted by atomic mass is 16.5. The third-order valence-corrected chi connectivity index (χ3v) is 4.83. The van der Waals surface area contributed by atoms with E-state index in [-0.39, 0.29) is 17.1 Å². The Balaban J connectivity index is 2.00. The fourth-order valence-corrected chi connectivity index (χ4v) is 3.42. The Bertz CT molecular complexity index is 944. The van der Waals surface area contributed by atoms with Crippen LogP contribution < -0.4 is 14.8 Å². The van der Waals surface area contributed by atoms with E-state index in [1.54, 1.807) is 13.2 Å². The third-order valence-electron chi connectivity index (χ3n) is 4.83. The average Bonchev–Trinajstić information content (AvgIpc) is 2.72. The van der Waals surface area contributed by atoms with Gasteiger partial charge >= 0.3 is 0 Å². The van der Waals surface area contributed by atoms with Gasteiger partial charge in [0.1, 0.15) is 22.8 Å². The number of ketones is 1. The van der Waals surface area contributed by atoms with Gasteiger partial charge in [-0.25, -0.2) is 0 Å². The van der Waals surface area contributed by atoms with Crippen LogP contribution in [0.15, 0.2) is 42.5 Å². The molecule has 0 radical (unpaired) electrons. The van der Waals surface area contributed by atoms with Crippen molar-refractivity contribution < 1.29 is 19.4 Å². The number of benzene rings is 2. The van der Waals surface area contributed by atoms with Gasteiger partial charge in [0.05, 0.1) is 14.2 Å². The van der Waals surface area contributed by atoms with E-state index in [0.29, 0.717) is 11.5 Å². The minimum absolute atomic E-state index is 0.0229. The largest absolute Gasteiger partial charge is 0.506 e. The molecule has 2 aromatic rings. The van der Waals surface area contributed by atoms with Gasteiger partial charge in [-0.3, -0.25) is 4.79 Å². The van der Waals surface area contributed by atoms with Crippen LogP contribution in [0.4, 0.5) is 0 Å². The molecule has 28 heavy (non-hydrogen) atoms. The number of hydrogen-bond acceptors (Lipinski definition) is 5. The molecule has 5 heteroatoms. The van der Waals surface area contributed by atoms with Gasteiger partial charge in [-0.05, 0) is 60.9 Å². The first-order chi connectivity index (χ1) is 13.5. The van der Waals surface area contributed by atoms with E-state index in [1.807, 2.05) is 37.3 Å². The Hall–Kier alpha value is -3.05. The standard InChI is InChI=1S/C23H25NO4/c1-15-13-20(28-3)22(23(26)21(15)17-9-11-24-12-10-17)19(25)8-7-16-5-4-6-18(14-16)27-2/h4-9,13-14,24,26H,10-12H2,1-3H3/b8-7+. The number of methoxy groups -OCH3 is 2. The average molecular weight is 379 g/mol. The van der Waals surface area contributed by atoms with E-state index in [0.717, 1.165) is 41.8 Å². The molecule has 146 valence electrons. The summed E-state index contributed by atoms with van der Waals surface area (Å²) in [5.41, 5.74) is 3.67. The van der Waals surface area contributed by atoms with Gasteiger partial charge in [0.15, 0.2) is 5.78 Å². The predicted molar refractivity (Wildman–Crippen MR) is 111 cm³/mol. The summed E-state index contributed by atoms with van der Waals surface area (Å²) in [7, 11) is 3.10. The van der Waals surface area contributed by atoms with Crippen LogP contribution in [0.5, 0.6) is 17.2 Å². The minimum atomic E-state index is -0.312.